The van der Waals surface area contributed by atoms with Crippen LogP contribution in [0.2, 0.25) is 5.02 Å². The molecule has 7 heteroatoms. The number of halogens is 2. The van der Waals surface area contributed by atoms with E-state index in [0.29, 0.717) is 14.6 Å². The van der Waals surface area contributed by atoms with Gasteiger partial charge in [0.05, 0.1) is 5.56 Å². The highest BCUT2D eigenvalue weighted by Crippen LogP contribution is 2.23. The van der Waals surface area contributed by atoms with Crippen molar-refractivity contribution >= 4 is 45.3 Å². The molecule has 0 radical (unpaired) electrons. The van der Waals surface area contributed by atoms with Crippen LogP contribution in [0.25, 0.3) is 0 Å². The summed E-state index contributed by atoms with van der Waals surface area (Å²) in [6, 6.07) is 4.47. The number of nitrogens with zero attached hydrogens (tertiary/aromatic N) is 1. The number of amides is 2. The van der Waals surface area contributed by atoms with E-state index in [2.05, 4.69) is 15.9 Å². The molecule has 1 aromatic carbocycles. The first-order valence-corrected chi connectivity index (χ1v) is 6.19. The van der Waals surface area contributed by atoms with Gasteiger partial charge in [-0.25, -0.2) is 4.79 Å². The van der Waals surface area contributed by atoms with E-state index in [4.69, 9.17) is 16.4 Å². The second kappa shape index (κ2) is 5.07. The quantitative estimate of drug-likeness (QED) is 0.780. The molecule has 2 rings (SSSR count). The zero-order chi connectivity index (χ0) is 13.3. The third-order valence-electron chi connectivity index (χ3n) is 2.33. The molecule has 0 aliphatic carbocycles. The molecule has 0 saturated carbocycles. The van der Waals surface area contributed by atoms with E-state index in [1.54, 1.807) is 0 Å². The van der Waals surface area contributed by atoms with Crippen LogP contribution < -0.4 is 0 Å². The summed E-state index contributed by atoms with van der Waals surface area (Å²) < 4.78 is 0.430. The van der Waals surface area contributed by atoms with E-state index in [9.17, 15) is 14.4 Å². The van der Waals surface area contributed by atoms with E-state index in [1.807, 2.05) is 0 Å². The van der Waals surface area contributed by atoms with Crippen LogP contribution in [0.4, 0.5) is 0 Å². The number of carbonyl (C=O) groups excluding carboxylic acids is 3. The molecule has 1 heterocycles. The van der Waals surface area contributed by atoms with Gasteiger partial charge in [0.2, 0.25) is 0 Å². The highest BCUT2D eigenvalue weighted by Gasteiger charge is 2.33. The Hall–Kier alpha value is -1.40. The van der Waals surface area contributed by atoms with Gasteiger partial charge in [-0.15, -0.1) is 5.06 Å². The molecule has 1 aliphatic rings. The first-order valence-electron chi connectivity index (χ1n) is 5.02. The molecule has 0 N–H and O–H groups in total. The topological polar surface area (TPSA) is 63.7 Å². The summed E-state index contributed by atoms with van der Waals surface area (Å²) in [5, 5.41) is 0.954. The molecule has 0 bridgehead atoms. The molecule has 2 amide bonds. The Bertz CT molecular complexity index is 530. The fraction of sp³-hybridized carbons (Fsp3) is 0.182. The van der Waals surface area contributed by atoms with E-state index in [0.717, 1.165) is 0 Å². The molecule has 1 aromatic rings. The summed E-state index contributed by atoms with van der Waals surface area (Å²) in [5.74, 6) is -1.82. The van der Waals surface area contributed by atoms with Gasteiger partial charge < -0.3 is 4.84 Å². The number of benzene rings is 1. The Morgan fingerprint density at radius 1 is 1.28 bits per heavy atom. The van der Waals surface area contributed by atoms with Gasteiger partial charge in [-0.05, 0) is 34.1 Å². The minimum absolute atomic E-state index is 0.0634. The highest BCUT2D eigenvalue weighted by atomic mass is 79.9. The lowest BCUT2D eigenvalue weighted by atomic mass is 10.2. The summed E-state index contributed by atoms with van der Waals surface area (Å²) in [7, 11) is 0. The van der Waals surface area contributed by atoms with Crippen molar-refractivity contribution in [3.8, 4) is 0 Å². The van der Waals surface area contributed by atoms with E-state index >= 15 is 0 Å². The fourth-order valence-corrected chi connectivity index (χ4v) is 2.29. The average molecular weight is 333 g/mol. The fourth-order valence-electron chi connectivity index (χ4n) is 1.44. The first kappa shape index (κ1) is 13.0. The molecule has 5 nitrogen and oxygen atoms in total. The smallest absolute Gasteiger partial charge is 0.325 e. The lowest BCUT2D eigenvalue weighted by Crippen LogP contribution is -2.32. The number of hydrogen-bond acceptors (Lipinski definition) is 4. The maximum atomic E-state index is 11.8. The van der Waals surface area contributed by atoms with Crippen LogP contribution >= 0.6 is 27.5 Å². The van der Waals surface area contributed by atoms with E-state index in [-0.39, 0.29) is 18.4 Å². The van der Waals surface area contributed by atoms with Gasteiger partial charge in [0.15, 0.2) is 0 Å². The number of imide groups is 1. The Balaban J connectivity index is 2.17. The van der Waals surface area contributed by atoms with Crippen LogP contribution in [0, 0.1) is 0 Å². The molecule has 0 unspecified atom stereocenters. The third kappa shape index (κ3) is 2.54. The van der Waals surface area contributed by atoms with Gasteiger partial charge in [-0.2, -0.15) is 0 Å². The van der Waals surface area contributed by atoms with Crippen molar-refractivity contribution < 1.29 is 19.2 Å². The predicted molar refractivity (Wildman–Crippen MR) is 65.7 cm³/mol. The van der Waals surface area contributed by atoms with Crippen molar-refractivity contribution in [2.45, 2.75) is 12.8 Å². The lowest BCUT2D eigenvalue weighted by Gasteiger charge is -2.13. The monoisotopic (exact) mass is 331 g/mol. The van der Waals surface area contributed by atoms with E-state index < -0.39 is 17.8 Å². The number of carbonyl (C=O) groups is 3. The molecule has 18 heavy (non-hydrogen) atoms. The standard InChI is InChI=1S/C11H7BrClNO4/c12-8-5-6(13)1-2-7(8)11(17)18-14-9(15)3-4-10(14)16/h1-2,5H,3-4H2. The third-order valence-corrected chi connectivity index (χ3v) is 3.22. The molecule has 0 spiro atoms. The predicted octanol–water partition coefficient (Wildman–Crippen LogP) is 2.32. The van der Waals surface area contributed by atoms with Gasteiger partial charge in [0.25, 0.3) is 11.8 Å². The summed E-state index contributed by atoms with van der Waals surface area (Å²) >= 11 is 8.89. The maximum Gasteiger partial charge on any atom is 0.365 e. The van der Waals surface area contributed by atoms with Crippen molar-refractivity contribution in [3.63, 3.8) is 0 Å². The van der Waals surface area contributed by atoms with Crippen molar-refractivity contribution in [3.05, 3.63) is 33.3 Å². The summed E-state index contributed by atoms with van der Waals surface area (Å²) in [6.07, 6.45) is 0.127. The van der Waals surface area contributed by atoms with Crippen LogP contribution in [-0.2, 0) is 14.4 Å². The Morgan fingerprint density at radius 2 is 1.89 bits per heavy atom. The number of rotatable bonds is 2. The molecular weight excluding hydrogens is 325 g/mol. The summed E-state index contributed by atoms with van der Waals surface area (Å²) in [6.45, 7) is 0. The van der Waals surface area contributed by atoms with Crippen LogP contribution in [0.5, 0.6) is 0 Å². The number of hydrogen-bond donors (Lipinski definition) is 0. The van der Waals surface area contributed by atoms with Crippen molar-refractivity contribution in [2.24, 2.45) is 0 Å². The SMILES string of the molecule is O=C(ON1C(=O)CCC1=O)c1ccc(Cl)cc1Br. The average Bonchev–Trinajstić information content (AvgIpc) is 2.60. The van der Waals surface area contributed by atoms with Crippen LogP contribution in [0.1, 0.15) is 23.2 Å². The molecule has 94 valence electrons. The zero-order valence-corrected chi connectivity index (χ0v) is 11.3. The Kier molecular flexibility index (Phi) is 3.68. The minimum Gasteiger partial charge on any atom is -0.325 e. The van der Waals surface area contributed by atoms with Crippen molar-refractivity contribution in [1.82, 2.24) is 5.06 Å². The van der Waals surface area contributed by atoms with Gasteiger partial charge in [-0.1, -0.05) is 11.6 Å². The molecule has 1 fully saturated rings. The second-order valence-corrected chi connectivity index (χ2v) is 4.88. The normalized spacial score (nSPS) is 15.1. The van der Waals surface area contributed by atoms with Crippen LogP contribution in [-0.4, -0.2) is 22.8 Å². The summed E-state index contributed by atoms with van der Waals surface area (Å²) in [5.41, 5.74) is 0.187. The van der Waals surface area contributed by atoms with Crippen LogP contribution in [0.15, 0.2) is 22.7 Å². The number of hydroxylamine groups is 2. The zero-order valence-electron chi connectivity index (χ0n) is 8.98. The van der Waals surface area contributed by atoms with Gasteiger partial charge in [0.1, 0.15) is 0 Å². The molecule has 0 aromatic heterocycles. The largest absolute Gasteiger partial charge is 0.365 e. The molecule has 1 aliphatic heterocycles. The van der Waals surface area contributed by atoms with Gasteiger partial charge >= 0.3 is 5.97 Å². The van der Waals surface area contributed by atoms with Gasteiger partial charge in [0, 0.05) is 22.3 Å². The Morgan fingerprint density at radius 3 is 2.44 bits per heavy atom. The van der Waals surface area contributed by atoms with E-state index in [1.165, 1.54) is 18.2 Å². The Labute approximate surface area is 116 Å². The van der Waals surface area contributed by atoms with Crippen LogP contribution in [0.3, 0.4) is 0 Å². The van der Waals surface area contributed by atoms with Crippen molar-refractivity contribution in [2.75, 3.05) is 0 Å². The lowest BCUT2D eigenvalue weighted by molar-refractivity contribution is -0.172. The first-order chi connectivity index (χ1) is 8.49. The second-order valence-electron chi connectivity index (χ2n) is 3.58. The maximum absolute atomic E-state index is 11.8. The van der Waals surface area contributed by atoms with Gasteiger partial charge in [-0.3, -0.25) is 9.59 Å². The summed E-state index contributed by atoms with van der Waals surface area (Å²) in [4.78, 5) is 39.1. The highest BCUT2D eigenvalue weighted by molar-refractivity contribution is 9.10. The van der Waals surface area contributed by atoms with Crippen molar-refractivity contribution in [1.29, 1.82) is 0 Å². The molecule has 1 saturated heterocycles. The minimum atomic E-state index is -0.790. The molecule has 0 atom stereocenters. The molecular formula is C11H7BrClNO4.